The smallest absolute Gasteiger partial charge is 0.336 e. The van der Waals surface area contributed by atoms with Gasteiger partial charge < -0.3 is 5.11 Å². The van der Waals surface area contributed by atoms with Crippen molar-refractivity contribution in [1.29, 1.82) is 0 Å². The lowest BCUT2D eigenvalue weighted by Crippen LogP contribution is -2.09. The Bertz CT molecular complexity index is 780. The Morgan fingerprint density at radius 3 is 2.62 bits per heavy atom. The molecule has 0 aliphatic carbocycles. The lowest BCUT2D eigenvalue weighted by Gasteiger charge is -2.07. The number of rotatable bonds is 5. The summed E-state index contributed by atoms with van der Waals surface area (Å²) in [5.41, 5.74) is 0.924. The number of benzene rings is 1. The molecule has 0 saturated carbocycles. The number of aromatic nitrogens is 3. The molecule has 0 radical (unpaired) electrons. The second kappa shape index (κ2) is 5.65. The summed E-state index contributed by atoms with van der Waals surface area (Å²) >= 11 is 0. The molecule has 7 nitrogen and oxygen atoms in total. The SMILES string of the molecule is CCc1ccc(S(=O)(=O)Cc2cn(C)nn2)cc1C(=O)O. The Hall–Kier alpha value is -2.22. The number of carboxylic acid groups (broad SMARTS) is 1. The fourth-order valence-electron chi connectivity index (χ4n) is 2.00. The van der Waals surface area contributed by atoms with Crippen LogP contribution in [-0.4, -0.2) is 34.5 Å². The summed E-state index contributed by atoms with van der Waals surface area (Å²) in [6, 6.07) is 4.16. The number of aryl methyl sites for hydroxylation is 2. The zero-order chi connectivity index (χ0) is 15.6. The second-order valence-corrected chi connectivity index (χ2v) is 6.61. The topological polar surface area (TPSA) is 102 Å². The molecule has 0 unspecified atom stereocenters. The van der Waals surface area contributed by atoms with Crippen molar-refractivity contribution in [3.8, 4) is 0 Å². The molecule has 0 atom stereocenters. The Morgan fingerprint density at radius 2 is 2.10 bits per heavy atom. The molecular weight excluding hydrogens is 294 g/mol. The van der Waals surface area contributed by atoms with Gasteiger partial charge in [0.05, 0.1) is 16.2 Å². The average Bonchev–Trinajstić information content (AvgIpc) is 2.82. The molecule has 8 heteroatoms. The van der Waals surface area contributed by atoms with Crippen LogP contribution in [0.4, 0.5) is 0 Å². The highest BCUT2D eigenvalue weighted by Gasteiger charge is 2.20. The van der Waals surface area contributed by atoms with Crippen LogP contribution in [0.2, 0.25) is 0 Å². The number of sulfone groups is 1. The van der Waals surface area contributed by atoms with Crippen molar-refractivity contribution < 1.29 is 18.3 Å². The summed E-state index contributed by atoms with van der Waals surface area (Å²) in [6.45, 7) is 1.81. The van der Waals surface area contributed by atoms with Crippen molar-refractivity contribution in [3.63, 3.8) is 0 Å². The summed E-state index contributed by atoms with van der Waals surface area (Å²) < 4.78 is 26.0. The van der Waals surface area contributed by atoms with Crippen LogP contribution in [0.5, 0.6) is 0 Å². The number of carboxylic acids is 1. The van der Waals surface area contributed by atoms with Crippen LogP contribution < -0.4 is 0 Å². The summed E-state index contributed by atoms with van der Waals surface area (Å²) in [4.78, 5) is 11.2. The minimum atomic E-state index is -3.66. The standard InChI is InChI=1S/C13H15N3O4S/c1-3-9-4-5-11(6-12(9)13(17)18)21(19,20)8-10-7-16(2)15-14-10/h4-7H,3,8H2,1-2H3,(H,17,18). The molecule has 2 rings (SSSR count). The molecule has 0 aliphatic heterocycles. The molecule has 1 N–H and O–H groups in total. The molecule has 0 saturated heterocycles. The molecular formula is C13H15N3O4S. The zero-order valence-corrected chi connectivity index (χ0v) is 12.5. The summed E-state index contributed by atoms with van der Waals surface area (Å²) in [5, 5.41) is 16.6. The molecule has 21 heavy (non-hydrogen) atoms. The van der Waals surface area contributed by atoms with Crippen molar-refractivity contribution in [2.24, 2.45) is 7.05 Å². The predicted molar refractivity (Wildman–Crippen MR) is 74.7 cm³/mol. The second-order valence-electron chi connectivity index (χ2n) is 4.62. The van der Waals surface area contributed by atoms with E-state index < -0.39 is 15.8 Å². The van der Waals surface area contributed by atoms with Gasteiger partial charge in [-0.05, 0) is 24.1 Å². The maximum atomic E-state index is 12.3. The lowest BCUT2D eigenvalue weighted by molar-refractivity contribution is 0.0695. The average molecular weight is 309 g/mol. The normalized spacial score (nSPS) is 11.5. The molecule has 0 fully saturated rings. The Kier molecular flexibility index (Phi) is 4.08. The molecule has 0 bridgehead atoms. The van der Waals surface area contributed by atoms with Crippen molar-refractivity contribution in [1.82, 2.24) is 15.0 Å². The van der Waals surface area contributed by atoms with E-state index in [-0.39, 0.29) is 16.2 Å². The minimum Gasteiger partial charge on any atom is -0.478 e. The van der Waals surface area contributed by atoms with Gasteiger partial charge in [-0.15, -0.1) is 5.10 Å². The monoisotopic (exact) mass is 309 g/mol. The highest BCUT2D eigenvalue weighted by molar-refractivity contribution is 7.90. The number of nitrogens with zero attached hydrogens (tertiary/aromatic N) is 3. The number of hydrogen-bond acceptors (Lipinski definition) is 5. The van der Waals surface area contributed by atoms with E-state index in [0.29, 0.717) is 17.7 Å². The van der Waals surface area contributed by atoms with Crippen LogP contribution in [0.25, 0.3) is 0 Å². The van der Waals surface area contributed by atoms with Crippen molar-refractivity contribution in [3.05, 3.63) is 41.2 Å². The van der Waals surface area contributed by atoms with Gasteiger partial charge in [0, 0.05) is 13.2 Å². The molecule has 0 amide bonds. The largest absolute Gasteiger partial charge is 0.478 e. The van der Waals surface area contributed by atoms with Crippen LogP contribution in [0, 0.1) is 0 Å². The van der Waals surface area contributed by atoms with E-state index in [2.05, 4.69) is 10.3 Å². The van der Waals surface area contributed by atoms with Crippen LogP contribution in [0.1, 0.15) is 28.5 Å². The first kappa shape index (κ1) is 15.2. The Labute approximate surface area is 122 Å². The molecule has 1 aromatic carbocycles. The van der Waals surface area contributed by atoms with Gasteiger partial charge in [-0.25, -0.2) is 13.2 Å². The number of hydrogen-bond donors (Lipinski definition) is 1. The van der Waals surface area contributed by atoms with E-state index in [1.54, 1.807) is 7.05 Å². The first-order valence-corrected chi connectivity index (χ1v) is 7.93. The van der Waals surface area contributed by atoms with Gasteiger partial charge >= 0.3 is 5.97 Å². The molecule has 2 aromatic rings. The predicted octanol–water partition coefficient (Wildman–Crippen LogP) is 1.05. The molecule has 0 spiro atoms. The Morgan fingerprint density at radius 1 is 1.38 bits per heavy atom. The first-order valence-electron chi connectivity index (χ1n) is 6.27. The van der Waals surface area contributed by atoms with E-state index in [1.165, 1.54) is 29.1 Å². The van der Waals surface area contributed by atoms with Crippen LogP contribution in [0.3, 0.4) is 0 Å². The lowest BCUT2D eigenvalue weighted by atomic mass is 10.1. The van der Waals surface area contributed by atoms with Crippen LogP contribution >= 0.6 is 0 Å². The number of aromatic carboxylic acids is 1. The maximum absolute atomic E-state index is 12.3. The van der Waals surface area contributed by atoms with Gasteiger partial charge in [-0.3, -0.25) is 4.68 Å². The van der Waals surface area contributed by atoms with Crippen molar-refractivity contribution in [2.45, 2.75) is 24.0 Å². The zero-order valence-electron chi connectivity index (χ0n) is 11.6. The van der Waals surface area contributed by atoms with Gasteiger partial charge in [0.2, 0.25) is 0 Å². The molecule has 1 aromatic heterocycles. The van der Waals surface area contributed by atoms with E-state index in [9.17, 15) is 13.2 Å². The third-order valence-corrected chi connectivity index (χ3v) is 4.69. The third kappa shape index (κ3) is 3.27. The van der Waals surface area contributed by atoms with Gasteiger partial charge in [0.15, 0.2) is 9.84 Å². The highest BCUT2D eigenvalue weighted by Crippen LogP contribution is 2.20. The summed E-state index contributed by atoms with van der Waals surface area (Å²) in [5.74, 6) is -1.45. The molecule has 1 heterocycles. The van der Waals surface area contributed by atoms with Gasteiger partial charge in [-0.1, -0.05) is 18.2 Å². The minimum absolute atomic E-state index is 0.0118. The summed E-state index contributed by atoms with van der Waals surface area (Å²) in [7, 11) is -2.02. The number of carbonyl (C=O) groups is 1. The maximum Gasteiger partial charge on any atom is 0.336 e. The van der Waals surface area contributed by atoms with Crippen LogP contribution in [-0.2, 0) is 29.1 Å². The molecule has 112 valence electrons. The van der Waals surface area contributed by atoms with E-state index in [1.807, 2.05) is 6.92 Å². The molecule has 0 aliphatic rings. The summed E-state index contributed by atoms with van der Waals surface area (Å²) in [6.07, 6.45) is 2.03. The van der Waals surface area contributed by atoms with E-state index >= 15 is 0 Å². The van der Waals surface area contributed by atoms with Crippen molar-refractivity contribution >= 4 is 15.8 Å². The van der Waals surface area contributed by atoms with E-state index in [4.69, 9.17) is 5.11 Å². The Balaban J connectivity index is 2.40. The van der Waals surface area contributed by atoms with Gasteiger partial charge in [0.1, 0.15) is 5.75 Å². The van der Waals surface area contributed by atoms with Gasteiger partial charge in [-0.2, -0.15) is 0 Å². The fraction of sp³-hybridized carbons (Fsp3) is 0.308. The highest BCUT2D eigenvalue weighted by atomic mass is 32.2. The van der Waals surface area contributed by atoms with Gasteiger partial charge in [0.25, 0.3) is 0 Å². The van der Waals surface area contributed by atoms with Crippen LogP contribution in [0.15, 0.2) is 29.3 Å². The quantitative estimate of drug-likeness (QED) is 0.885. The first-order chi connectivity index (χ1) is 9.83. The van der Waals surface area contributed by atoms with E-state index in [0.717, 1.165) is 0 Å². The third-order valence-electron chi connectivity index (χ3n) is 3.04. The fourth-order valence-corrected chi connectivity index (χ4v) is 3.26. The van der Waals surface area contributed by atoms with Crippen molar-refractivity contribution in [2.75, 3.05) is 0 Å².